The van der Waals surface area contributed by atoms with Crippen LogP contribution in [-0.2, 0) is 11.3 Å². The summed E-state index contributed by atoms with van der Waals surface area (Å²) in [4.78, 5) is 35.7. The Balaban J connectivity index is 1.51. The van der Waals surface area contributed by atoms with Crippen molar-refractivity contribution in [3.63, 3.8) is 0 Å². The number of pyridine rings is 2. The highest BCUT2D eigenvalue weighted by molar-refractivity contribution is 6.05. The van der Waals surface area contributed by atoms with Gasteiger partial charge in [0.2, 0.25) is 0 Å². The average Bonchev–Trinajstić information content (AvgIpc) is 3.62. The largest absolute Gasteiger partial charge is 0.464 e. The highest BCUT2D eigenvalue weighted by Gasteiger charge is 2.34. The van der Waals surface area contributed by atoms with Gasteiger partial charge in [0.25, 0.3) is 0 Å². The molecule has 1 aliphatic heterocycles. The lowest BCUT2D eigenvalue weighted by atomic mass is 10.0. The van der Waals surface area contributed by atoms with Crippen molar-refractivity contribution in [2.24, 2.45) is 0 Å². The molecule has 3 N–H and O–H groups in total. The second-order valence-electron chi connectivity index (χ2n) is 10.9. The SMILES string of the molecule is CC(C)(C)OC(=O)NC1CCCN(c2c(C3CC3)cnc3c2c(NCc2cccnc2)cn3C(=O)O)C1. The Hall–Kier alpha value is -3.82. The molecule has 1 amide bonds. The first-order valence-electron chi connectivity index (χ1n) is 12.8. The van der Waals surface area contributed by atoms with Crippen LogP contribution in [0.5, 0.6) is 0 Å². The van der Waals surface area contributed by atoms with E-state index in [1.165, 1.54) is 4.57 Å². The first-order valence-corrected chi connectivity index (χ1v) is 12.8. The fourth-order valence-electron chi connectivity index (χ4n) is 4.98. The summed E-state index contributed by atoms with van der Waals surface area (Å²) in [6.07, 6.45) is 9.38. The third kappa shape index (κ3) is 5.63. The monoisotopic (exact) mass is 506 g/mol. The number of carboxylic acid groups (broad SMARTS) is 1. The first kappa shape index (κ1) is 24.9. The number of alkyl carbamates (subject to hydrolysis) is 1. The topological polar surface area (TPSA) is 122 Å². The molecule has 1 saturated heterocycles. The molecule has 37 heavy (non-hydrogen) atoms. The van der Waals surface area contributed by atoms with Crippen molar-refractivity contribution in [3.05, 3.63) is 48.0 Å². The molecule has 3 aromatic rings. The Kier molecular flexibility index (Phi) is 6.66. The van der Waals surface area contributed by atoms with Crippen LogP contribution >= 0.6 is 0 Å². The number of ether oxygens (including phenoxy) is 1. The van der Waals surface area contributed by atoms with Gasteiger partial charge in [-0.2, -0.15) is 0 Å². The molecule has 0 bridgehead atoms. The van der Waals surface area contributed by atoms with E-state index in [2.05, 4.69) is 25.5 Å². The van der Waals surface area contributed by atoms with Crippen LogP contribution < -0.4 is 15.5 Å². The van der Waals surface area contributed by atoms with Crippen LogP contribution in [0.15, 0.2) is 36.9 Å². The number of fused-ring (bicyclic) bond motifs is 1. The van der Waals surface area contributed by atoms with Crippen molar-refractivity contribution in [3.8, 4) is 0 Å². The standard InChI is InChI=1S/C27H34N6O4/c1-27(2,3)37-25(34)31-19-7-5-11-32(15-19)23-20(18-8-9-18)14-30-24-22(23)21(16-33(24)26(35)36)29-13-17-6-4-10-28-12-17/h4,6,10,12,14,16,18-19,29H,5,7-9,11,13,15H2,1-3H3,(H,31,34)(H,35,36). The molecule has 10 nitrogen and oxygen atoms in total. The molecule has 3 aromatic heterocycles. The minimum absolute atomic E-state index is 0.0766. The van der Waals surface area contributed by atoms with Crippen molar-refractivity contribution >= 4 is 34.6 Å². The Morgan fingerprint density at radius 3 is 2.70 bits per heavy atom. The van der Waals surface area contributed by atoms with Crippen LogP contribution in [0.3, 0.4) is 0 Å². The number of aromatic nitrogens is 3. The molecular weight excluding hydrogens is 472 g/mol. The van der Waals surface area contributed by atoms with Crippen LogP contribution in [0.2, 0.25) is 0 Å². The van der Waals surface area contributed by atoms with Gasteiger partial charge in [0.15, 0.2) is 5.65 Å². The predicted octanol–water partition coefficient (Wildman–Crippen LogP) is 4.94. The molecule has 5 rings (SSSR count). The van der Waals surface area contributed by atoms with Gasteiger partial charge >= 0.3 is 12.2 Å². The normalized spacial score (nSPS) is 18.0. The van der Waals surface area contributed by atoms with Crippen LogP contribution in [0.4, 0.5) is 21.0 Å². The minimum Gasteiger partial charge on any atom is -0.464 e. The van der Waals surface area contributed by atoms with Crippen LogP contribution in [0.1, 0.15) is 63.5 Å². The van der Waals surface area contributed by atoms with Gasteiger partial charge in [0.1, 0.15) is 5.60 Å². The molecule has 10 heteroatoms. The second-order valence-corrected chi connectivity index (χ2v) is 10.9. The molecule has 2 fully saturated rings. The number of rotatable bonds is 6. The maximum Gasteiger partial charge on any atom is 0.417 e. The van der Waals surface area contributed by atoms with Crippen molar-refractivity contribution in [2.45, 2.75) is 70.6 Å². The number of nitrogens with zero attached hydrogens (tertiary/aromatic N) is 4. The maximum atomic E-state index is 12.5. The fraction of sp³-hybridized carbons (Fsp3) is 0.481. The summed E-state index contributed by atoms with van der Waals surface area (Å²) in [5.74, 6) is 0.408. The van der Waals surface area contributed by atoms with Crippen molar-refractivity contribution in [1.29, 1.82) is 0 Å². The molecule has 1 saturated carbocycles. The molecule has 2 aliphatic rings. The van der Waals surface area contributed by atoms with Gasteiger partial charge in [0.05, 0.1) is 16.8 Å². The highest BCUT2D eigenvalue weighted by Crippen LogP contribution is 2.48. The third-order valence-corrected chi connectivity index (χ3v) is 6.70. The number of hydrogen-bond acceptors (Lipinski definition) is 7. The molecule has 0 spiro atoms. The Morgan fingerprint density at radius 1 is 1.22 bits per heavy atom. The number of hydrogen-bond donors (Lipinski definition) is 3. The summed E-state index contributed by atoms with van der Waals surface area (Å²) < 4.78 is 6.67. The number of carbonyl (C=O) groups excluding carboxylic acids is 1. The molecule has 1 unspecified atom stereocenters. The summed E-state index contributed by atoms with van der Waals surface area (Å²) >= 11 is 0. The van der Waals surface area contributed by atoms with Gasteiger partial charge in [-0.05, 0) is 69.6 Å². The zero-order chi connectivity index (χ0) is 26.2. The van der Waals surface area contributed by atoms with Gasteiger partial charge in [-0.25, -0.2) is 19.1 Å². The van der Waals surface area contributed by atoms with E-state index in [0.29, 0.717) is 30.3 Å². The first-order chi connectivity index (χ1) is 17.7. The van der Waals surface area contributed by atoms with Gasteiger partial charge in [-0.15, -0.1) is 0 Å². The second kappa shape index (κ2) is 9.91. The van der Waals surface area contributed by atoms with Gasteiger partial charge in [-0.1, -0.05) is 6.07 Å². The van der Waals surface area contributed by atoms with E-state index in [1.54, 1.807) is 18.6 Å². The zero-order valence-electron chi connectivity index (χ0n) is 21.5. The van der Waals surface area contributed by atoms with E-state index < -0.39 is 17.8 Å². The van der Waals surface area contributed by atoms with Crippen molar-refractivity contribution < 1.29 is 19.4 Å². The summed E-state index contributed by atoms with van der Waals surface area (Å²) in [6.45, 7) is 7.47. The average molecular weight is 507 g/mol. The lowest BCUT2D eigenvalue weighted by Gasteiger charge is -2.36. The molecule has 196 valence electrons. The van der Waals surface area contributed by atoms with E-state index in [-0.39, 0.29) is 6.04 Å². The summed E-state index contributed by atoms with van der Waals surface area (Å²) in [5.41, 5.74) is 3.70. The molecule has 4 heterocycles. The number of amides is 1. The van der Waals surface area contributed by atoms with Crippen molar-refractivity contribution in [2.75, 3.05) is 23.3 Å². The van der Waals surface area contributed by atoms with Crippen LogP contribution in [0, 0.1) is 0 Å². The van der Waals surface area contributed by atoms with E-state index >= 15 is 0 Å². The molecule has 0 aromatic carbocycles. The number of nitrogens with one attached hydrogen (secondary N) is 2. The van der Waals surface area contributed by atoms with Crippen LogP contribution in [-0.4, -0.2) is 56.6 Å². The van der Waals surface area contributed by atoms with E-state index in [0.717, 1.165) is 54.4 Å². The maximum absolute atomic E-state index is 12.5. The van der Waals surface area contributed by atoms with Crippen molar-refractivity contribution in [1.82, 2.24) is 19.9 Å². The Bertz CT molecular complexity index is 1300. The quantitative estimate of drug-likeness (QED) is 0.430. The molecule has 1 atom stereocenters. The fourth-order valence-corrected chi connectivity index (χ4v) is 4.98. The Labute approximate surface area is 216 Å². The lowest BCUT2D eigenvalue weighted by molar-refractivity contribution is 0.0500. The minimum atomic E-state index is -1.08. The zero-order valence-corrected chi connectivity index (χ0v) is 21.5. The smallest absolute Gasteiger partial charge is 0.417 e. The van der Waals surface area contributed by atoms with E-state index in [4.69, 9.17) is 4.74 Å². The lowest BCUT2D eigenvalue weighted by Crippen LogP contribution is -2.49. The molecule has 0 radical (unpaired) electrons. The number of piperidine rings is 1. The third-order valence-electron chi connectivity index (χ3n) is 6.70. The van der Waals surface area contributed by atoms with E-state index in [9.17, 15) is 14.7 Å². The summed E-state index contributed by atoms with van der Waals surface area (Å²) in [7, 11) is 0. The predicted molar refractivity (Wildman–Crippen MR) is 141 cm³/mol. The summed E-state index contributed by atoms with van der Waals surface area (Å²) in [5, 5.41) is 17.2. The summed E-state index contributed by atoms with van der Waals surface area (Å²) in [6, 6.07) is 3.77. The Morgan fingerprint density at radius 2 is 2.03 bits per heavy atom. The number of anilines is 2. The van der Waals surface area contributed by atoms with Gasteiger partial charge in [0, 0.05) is 50.5 Å². The van der Waals surface area contributed by atoms with Gasteiger partial charge < -0.3 is 25.4 Å². The number of carbonyl (C=O) groups is 2. The highest BCUT2D eigenvalue weighted by atomic mass is 16.6. The van der Waals surface area contributed by atoms with E-state index in [1.807, 2.05) is 39.1 Å². The van der Waals surface area contributed by atoms with Crippen LogP contribution in [0.25, 0.3) is 11.0 Å². The molecule has 1 aliphatic carbocycles. The molecular formula is C27H34N6O4. The van der Waals surface area contributed by atoms with Gasteiger partial charge in [-0.3, -0.25) is 4.98 Å².